The highest BCUT2D eigenvalue weighted by Gasteiger charge is 2.17. The number of anilines is 1. The number of carbonyl (C=O) groups is 2. The zero-order chi connectivity index (χ0) is 20.3. The van der Waals surface area contributed by atoms with Gasteiger partial charge in [0.15, 0.2) is 5.69 Å². The van der Waals surface area contributed by atoms with Gasteiger partial charge in [0, 0.05) is 30.2 Å². The molecule has 3 aromatic rings. The van der Waals surface area contributed by atoms with Gasteiger partial charge in [-0.25, -0.2) is 4.68 Å². The predicted molar refractivity (Wildman–Crippen MR) is 109 cm³/mol. The first-order valence-corrected chi connectivity index (χ1v) is 9.04. The van der Waals surface area contributed by atoms with Crippen molar-refractivity contribution >= 4 is 28.3 Å². The Balaban J connectivity index is 2.03. The van der Waals surface area contributed by atoms with Crippen LogP contribution >= 0.6 is 0 Å². The van der Waals surface area contributed by atoms with Crippen LogP contribution in [0.1, 0.15) is 34.7 Å². The highest BCUT2D eigenvalue weighted by molar-refractivity contribution is 6.11. The molecular weight excluding hydrogens is 356 g/mol. The first-order valence-electron chi connectivity index (χ1n) is 9.04. The van der Waals surface area contributed by atoms with Crippen molar-refractivity contribution in [2.45, 2.75) is 20.4 Å². The smallest absolute Gasteiger partial charge is 0.276 e. The molecule has 2 aromatic carbocycles. The Hall–Kier alpha value is -3.48. The molecule has 0 aliphatic heterocycles. The van der Waals surface area contributed by atoms with E-state index in [0.717, 1.165) is 0 Å². The number of nitrogens with zero attached hydrogens (tertiary/aromatic N) is 2. The second kappa shape index (κ2) is 8.04. The molecule has 2 amide bonds. The average Bonchev–Trinajstić information content (AvgIpc) is 2.69. The number of hydrogen-bond donors (Lipinski definition) is 2. The number of aromatic nitrogens is 2. The topological polar surface area (TPSA) is 93.1 Å². The van der Waals surface area contributed by atoms with Crippen molar-refractivity contribution in [1.82, 2.24) is 15.1 Å². The summed E-state index contributed by atoms with van der Waals surface area (Å²) in [5.41, 5.74) is 0.852. The average molecular weight is 378 g/mol. The van der Waals surface area contributed by atoms with Gasteiger partial charge in [-0.15, -0.1) is 0 Å². The third-order valence-corrected chi connectivity index (χ3v) is 4.23. The Morgan fingerprint density at radius 2 is 1.75 bits per heavy atom. The Bertz CT molecular complexity index is 1100. The van der Waals surface area contributed by atoms with E-state index in [1.165, 1.54) is 4.68 Å². The molecule has 7 heteroatoms. The third kappa shape index (κ3) is 3.93. The molecule has 28 heavy (non-hydrogen) atoms. The van der Waals surface area contributed by atoms with Crippen molar-refractivity contribution in [3.05, 3.63) is 70.1 Å². The van der Waals surface area contributed by atoms with Gasteiger partial charge in [-0.05, 0) is 30.2 Å². The summed E-state index contributed by atoms with van der Waals surface area (Å²) < 4.78 is 1.34. The van der Waals surface area contributed by atoms with Crippen LogP contribution in [0.3, 0.4) is 0 Å². The number of fused-ring (bicyclic) bond motifs is 1. The Kier molecular flexibility index (Phi) is 5.54. The third-order valence-electron chi connectivity index (χ3n) is 4.23. The van der Waals surface area contributed by atoms with Crippen LogP contribution in [-0.4, -0.2) is 28.6 Å². The molecular formula is C21H22N4O3. The molecule has 144 valence electrons. The first-order chi connectivity index (χ1) is 13.4. The van der Waals surface area contributed by atoms with E-state index >= 15 is 0 Å². The number of carbonyl (C=O) groups excluding carboxylic acids is 2. The highest BCUT2D eigenvalue weighted by atomic mass is 16.2. The van der Waals surface area contributed by atoms with Crippen molar-refractivity contribution in [3.8, 4) is 0 Å². The van der Waals surface area contributed by atoms with Crippen LogP contribution in [-0.2, 0) is 6.54 Å². The molecule has 1 aromatic heterocycles. The van der Waals surface area contributed by atoms with Crippen molar-refractivity contribution < 1.29 is 9.59 Å². The summed E-state index contributed by atoms with van der Waals surface area (Å²) >= 11 is 0. The van der Waals surface area contributed by atoms with Crippen LogP contribution in [0.25, 0.3) is 10.8 Å². The van der Waals surface area contributed by atoms with E-state index in [-0.39, 0.29) is 23.1 Å². The second-order valence-corrected chi connectivity index (χ2v) is 6.89. The minimum atomic E-state index is -0.442. The standard InChI is InChI=1S/C21H22N4O3/c1-13(2)12-25-21(28)17-10-5-4-9-16(17)18(24-25)20(27)23-15-8-6-7-14(11-15)19(26)22-3/h4-11,13H,12H2,1-3H3,(H,22,26)(H,23,27). The first kappa shape index (κ1) is 19.3. The minimum absolute atomic E-state index is 0.168. The van der Waals surface area contributed by atoms with Crippen molar-refractivity contribution in [2.75, 3.05) is 12.4 Å². The van der Waals surface area contributed by atoms with E-state index < -0.39 is 5.91 Å². The second-order valence-electron chi connectivity index (χ2n) is 6.89. The molecule has 1 heterocycles. The Morgan fingerprint density at radius 1 is 1.04 bits per heavy atom. The number of rotatable bonds is 5. The van der Waals surface area contributed by atoms with E-state index in [4.69, 9.17) is 0 Å². The molecule has 0 unspecified atom stereocenters. The van der Waals surface area contributed by atoms with Crippen LogP contribution in [0.5, 0.6) is 0 Å². The van der Waals surface area contributed by atoms with E-state index in [1.807, 2.05) is 13.8 Å². The monoisotopic (exact) mass is 378 g/mol. The summed E-state index contributed by atoms with van der Waals surface area (Å²) in [4.78, 5) is 37.4. The summed E-state index contributed by atoms with van der Waals surface area (Å²) in [6.07, 6.45) is 0. The fourth-order valence-corrected chi connectivity index (χ4v) is 2.95. The molecule has 0 fully saturated rings. The Morgan fingerprint density at radius 3 is 2.43 bits per heavy atom. The minimum Gasteiger partial charge on any atom is -0.355 e. The zero-order valence-corrected chi connectivity index (χ0v) is 16.0. The lowest BCUT2D eigenvalue weighted by Gasteiger charge is -2.13. The molecule has 0 spiro atoms. The Labute approximate surface area is 162 Å². The highest BCUT2D eigenvalue weighted by Crippen LogP contribution is 2.17. The zero-order valence-electron chi connectivity index (χ0n) is 16.0. The molecule has 0 radical (unpaired) electrons. The maximum Gasteiger partial charge on any atom is 0.276 e. The fourth-order valence-electron chi connectivity index (χ4n) is 2.95. The van der Waals surface area contributed by atoms with Gasteiger partial charge >= 0.3 is 0 Å². The van der Waals surface area contributed by atoms with Gasteiger partial charge in [0.25, 0.3) is 17.4 Å². The van der Waals surface area contributed by atoms with Gasteiger partial charge in [-0.1, -0.05) is 38.1 Å². The number of amides is 2. The number of benzene rings is 2. The summed E-state index contributed by atoms with van der Waals surface area (Å²) in [6.45, 7) is 4.37. The lowest BCUT2D eigenvalue weighted by molar-refractivity contribution is 0.0961. The van der Waals surface area contributed by atoms with Gasteiger partial charge in [0.05, 0.1) is 5.39 Å². The summed E-state index contributed by atoms with van der Waals surface area (Å²) in [7, 11) is 1.54. The lowest BCUT2D eigenvalue weighted by atomic mass is 10.1. The predicted octanol–water partition coefficient (Wildman–Crippen LogP) is 2.66. The molecule has 0 aliphatic rings. The van der Waals surface area contributed by atoms with E-state index in [2.05, 4.69) is 15.7 Å². The molecule has 0 bridgehead atoms. The van der Waals surface area contributed by atoms with Crippen molar-refractivity contribution in [1.29, 1.82) is 0 Å². The molecule has 0 saturated carbocycles. The molecule has 0 aliphatic carbocycles. The van der Waals surface area contributed by atoms with Crippen LogP contribution < -0.4 is 16.2 Å². The van der Waals surface area contributed by atoms with Crippen LogP contribution in [0.15, 0.2) is 53.3 Å². The summed E-state index contributed by atoms with van der Waals surface area (Å²) in [5.74, 6) is -0.487. The summed E-state index contributed by atoms with van der Waals surface area (Å²) in [5, 5.41) is 10.6. The molecule has 3 rings (SSSR count). The van der Waals surface area contributed by atoms with Gasteiger partial charge < -0.3 is 10.6 Å². The largest absolute Gasteiger partial charge is 0.355 e. The SMILES string of the molecule is CNC(=O)c1cccc(NC(=O)c2nn(CC(C)C)c(=O)c3ccccc23)c1. The lowest BCUT2D eigenvalue weighted by Crippen LogP contribution is -2.29. The fraction of sp³-hybridized carbons (Fsp3) is 0.238. The molecule has 0 atom stereocenters. The van der Waals surface area contributed by atoms with Gasteiger partial charge in [-0.2, -0.15) is 5.10 Å². The number of nitrogens with one attached hydrogen (secondary N) is 2. The normalized spacial score (nSPS) is 10.9. The van der Waals surface area contributed by atoms with Crippen molar-refractivity contribution in [2.24, 2.45) is 5.92 Å². The van der Waals surface area contributed by atoms with Crippen LogP contribution in [0, 0.1) is 5.92 Å². The van der Waals surface area contributed by atoms with Crippen LogP contribution in [0.4, 0.5) is 5.69 Å². The van der Waals surface area contributed by atoms with E-state index in [9.17, 15) is 14.4 Å². The summed E-state index contributed by atoms with van der Waals surface area (Å²) in [6, 6.07) is 13.5. The van der Waals surface area contributed by atoms with Crippen LogP contribution in [0.2, 0.25) is 0 Å². The quantitative estimate of drug-likeness (QED) is 0.714. The van der Waals surface area contributed by atoms with Gasteiger partial charge in [0.1, 0.15) is 0 Å². The van der Waals surface area contributed by atoms with E-state index in [0.29, 0.717) is 28.6 Å². The van der Waals surface area contributed by atoms with Crippen molar-refractivity contribution in [3.63, 3.8) is 0 Å². The maximum absolute atomic E-state index is 12.9. The van der Waals surface area contributed by atoms with Gasteiger partial charge in [-0.3, -0.25) is 14.4 Å². The number of hydrogen-bond acceptors (Lipinski definition) is 4. The van der Waals surface area contributed by atoms with E-state index in [1.54, 1.807) is 55.6 Å². The molecule has 7 nitrogen and oxygen atoms in total. The molecule has 2 N–H and O–H groups in total. The van der Waals surface area contributed by atoms with Gasteiger partial charge in [0.2, 0.25) is 0 Å². The maximum atomic E-state index is 12.9. The molecule has 0 saturated heterocycles.